The molecule has 0 fully saturated rings. The quantitative estimate of drug-likeness (QED) is 0.654. The fourth-order valence-electron chi connectivity index (χ4n) is 2.18. The molecule has 0 radical (unpaired) electrons. The molecule has 0 saturated heterocycles. The van der Waals surface area contributed by atoms with Crippen molar-refractivity contribution in [2.24, 2.45) is 0 Å². The zero-order chi connectivity index (χ0) is 16.8. The van der Waals surface area contributed by atoms with Crippen LogP contribution >= 0.6 is 0 Å². The van der Waals surface area contributed by atoms with Gasteiger partial charge in [-0.2, -0.15) is 0 Å². The Morgan fingerprint density at radius 1 is 1.00 bits per heavy atom. The highest BCUT2D eigenvalue weighted by Gasteiger charge is 2.19. The number of phenolic OH excluding ortho intramolecular Hbond substituents is 1. The summed E-state index contributed by atoms with van der Waals surface area (Å²) in [4.78, 5) is 12.1. The third-order valence-electron chi connectivity index (χ3n) is 3.31. The molecule has 0 aliphatic carbocycles. The van der Waals surface area contributed by atoms with Gasteiger partial charge in [0.25, 0.3) is 0 Å². The minimum Gasteiger partial charge on any atom is -0.507 e. The molecule has 120 valence electrons. The molecule has 0 unspecified atom stereocenters. The van der Waals surface area contributed by atoms with E-state index in [0.29, 0.717) is 28.4 Å². The van der Waals surface area contributed by atoms with E-state index < -0.39 is 0 Å². The summed E-state index contributed by atoms with van der Waals surface area (Å²) in [5.41, 5.74) is 0.900. The van der Waals surface area contributed by atoms with Crippen molar-refractivity contribution in [1.82, 2.24) is 0 Å². The highest BCUT2D eigenvalue weighted by Crippen LogP contribution is 2.45. The van der Waals surface area contributed by atoms with Crippen LogP contribution in [0.25, 0.3) is 6.08 Å². The number of carbonyl (C=O) groups is 1. The van der Waals surface area contributed by atoms with Gasteiger partial charge in [0.1, 0.15) is 5.75 Å². The summed E-state index contributed by atoms with van der Waals surface area (Å²) in [6.45, 7) is 0. The third kappa shape index (κ3) is 3.45. The Hall–Kier alpha value is -2.95. The maximum absolute atomic E-state index is 12.1. The molecule has 0 bridgehead atoms. The lowest BCUT2D eigenvalue weighted by Crippen LogP contribution is -1.98. The molecule has 2 aromatic carbocycles. The SMILES string of the molecule is COc1cc(O)c(/C=C/C(=O)c2ccccc2)c(OC)c1OC. The number of carbonyl (C=O) groups excluding carboxylic acids is 1. The predicted octanol–water partition coefficient (Wildman–Crippen LogP) is 3.31. The van der Waals surface area contributed by atoms with Crippen LogP contribution in [0.15, 0.2) is 42.5 Å². The van der Waals surface area contributed by atoms with E-state index in [4.69, 9.17) is 14.2 Å². The van der Waals surface area contributed by atoms with Gasteiger partial charge in [-0.05, 0) is 12.2 Å². The van der Waals surface area contributed by atoms with E-state index in [2.05, 4.69) is 0 Å². The summed E-state index contributed by atoms with van der Waals surface area (Å²) in [6.07, 6.45) is 2.87. The molecular weight excluding hydrogens is 296 g/mol. The molecule has 0 atom stereocenters. The number of phenols is 1. The Balaban J connectivity index is 2.43. The van der Waals surface area contributed by atoms with Crippen LogP contribution < -0.4 is 14.2 Å². The predicted molar refractivity (Wildman–Crippen MR) is 87.6 cm³/mol. The summed E-state index contributed by atoms with van der Waals surface area (Å²) in [7, 11) is 4.39. The first-order valence-electron chi connectivity index (χ1n) is 6.91. The van der Waals surface area contributed by atoms with Crippen LogP contribution in [-0.4, -0.2) is 32.2 Å². The van der Waals surface area contributed by atoms with E-state index in [-0.39, 0.29) is 11.5 Å². The number of aromatic hydroxyl groups is 1. The van der Waals surface area contributed by atoms with Crippen LogP contribution in [0.2, 0.25) is 0 Å². The molecule has 2 rings (SSSR count). The Bertz CT molecular complexity index is 720. The summed E-state index contributed by atoms with van der Waals surface area (Å²) in [5, 5.41) is 10.2. The molecule has 2 aromatic rings. The average molecular weight is 314 g/mol. The number of rotatable bonds is 6. The van der Waals surface area contributed by atoms with Crippen LogP contribution in [0.3, 0.4) is 0 Å². The van der Waals surface area contributed by atoms with Crippen LogP contribution in [0, 0.1) is 0 Å². The van der Waals surface area contributed by atoms with Crippen molar-refractivity contribution >= 4 is 11.9 Å². The summed E-state index contributed by atoms with van der Waals surface area (Å²) < 4.78 is 15.7. The monoisotopic (exact) mass is 314 g/mol. The number of allylic oxidation sites excluding steroid dienone is 1. The zero-order valence-electron chi connectivity index (χ0n) is 13.2. The van der Waals surface area contributed by atoms with E-state index >= 15 is 0 Å². The van der Waals surface area contributed by atoms with E-state index in [0.717, 1.165) is 0 Å². The van der Waals surface area contributed by atoms with Gasteiger partial charge in [0.2, 0.25) is 5.75 Å². The number of methoxy groups -OCH3 is 3. The molecule has 23 heavy (non-hydrogen) atoms. The molecule has 1 N–H and O–H groups in total. The fraction of sp³-hybridized carbons (Fsp3) is 0.167. The maximum atomic E-state index is 12.1. The topological polar surface area (TPSA) is 65.0 Å². The second-order valence-corrected chi connectivity index (χ2v) is 4.64. The van der Waals surface area contributed by atoms with E-state index in [9.17, 15) is 9.90 Å². The zero-order valence-corrected chi connectivity index (χ0v) is 13.2. The second kappa shape index (κ2) is 7.35. The van der Waals surface area contributed by atoms with Crippen molar-refractivity contribution in [3.63, 3.8) is 0 Å². The third-order valence-corrected chi connectivity index (χ3v) is 3.31. The maximum Gasteiger partial charge on any atom is 0.204 e. The van der Waals surface area contributed by atoms with Crippen LogP contribution in [0.1, 0.15) is 15.9 Å². The van der Waals surface area contributed by atoms with Crippen molar-refractivity contribution in [2.75, 3.05) is 21.3 Å². The normalized spacial score (nSPS) is 10.6. The molecule has 0 saturated carbocycles. The first kappa shape index (κ1) is 16.4. The highest BCUT2D eigenvalue weighted by atomic mass is 16.5. The van der Waals surface area contributed by atoms with Gasteiger partial charge in [0.05, 0.1) is 26.9 Å². The number of hydrogen-bond donors (Lipinski definition) is 1. The highest BCUT2D eigenvalue weighted by molar-refractivity contribution is 6.07. The fourth-order valence-corrected chi connectivity index (χ4v) is 2.18. The van der Waals surface area contributed by atoms with Crippen molar-refractivity contribution in [3.8, 4) is 23.0 Å². The van der Waals surface area contributed by atoms with Crippen molar-refractivity contribution in [2.45, 2.75) is 0 Å². The van der Waals surface area contributed by atoms with Crippen LogP contribution in [0.5, 0.6) is 23.0 Å². The van der Waals surface area contributed by atoms with Crippen LogP contribution in [0.4, 0.5) is 0 Å². The van der Waals surface area contributed by atoms with Gasteiger partial charge in [-0.25, -0.2) is 0 Å². The van der Waals surface area contributed by atoms with Crippen LogP contribution in [-0.2, 0) is 0 Å². The van der Waals surface area contributed by atoms with E-state index in [1.165, 1.54) is 39.5 Å². The van der Waals surface area contributed by atoms with Gasteiger partial charge in [-0.3, -0.25) is 4.79 Å². The van der Waals surface area contributed by atoms with E-state index in [1.54, 1.807) is 24.3 Å². The van der Waals surface area contributed by atoms with Crippen molar-refractivity contribution < 1.29 is 24.1 Å². The molecular formula is C18H18O5. The molecule has 0 heterocycles. The lowest BCUT2D eigenvalue weighted by molar-refractivity contribution is 0.104. The minimum atomic E-state index is -0.179. The van der Waals surface area contributed by atoms with Gasteiger partial charge in [0, 0.05) is 11.6 Å². The average Bonchev–Trinajstić information content (AvgIpc) is 2.59. The Labute approximate surface area is 134 Å². The molecule has 5 nitrogen and oxygen atoms in total. The summed E-state index contributed by atoms with van der Waals surface area (Å²) >= 11 is 0. The molecule has 0 amide bonds. The molecule has 5 heteroatoms. The molecule has 0 aliphatic heterocycles. The Morgan fingerprint density at radius 3 is 2.22 bits per heavy atom. The van der Waals surface area contributed by atoms with Gasteiger partial charge in [-0.15, -0.1) is 0 Å². The first-order chi connectivity index (χ1) is 11.1. The largest absolute Gasteiger partial charge is 0.507 e. The van der Waals surface area contributed by atoms with Gasteiger partial charge >= 0.3 is 0 Å². The number of benzene rings is 2. The van der Waals surface area contributed by atoms with Crippen molar-refractivity contribution in [3.05, 3.63) is 53.6 Å². The van der Waals surface area contributed by atoms with Crippen molar-refractivity contribution in [1.29, 1.82) is 0 Å². The molecule has 0 aromatic heterocycles. The smallest absolute Gasteiger partial charge is 0.204 e. The lowest BCUT2D eigenvalue weighted by atomic mass is 10.1. The van der Waals surface area contributed by atoms with Gasteiger partial charge in [0.15, 0.2) is 17.3 Å². The Morgan fingerprint density at radius 2 is 1.65 bits per heavy atom. The van der Waals surface area contributed by atoms with E-state index in [1.807, 2.05) is 6.07 Å². The van der Waals surface area contributed by atoms with Gasteiger partial charge in [-0.1, -0.05) is 30.3 Å². The number of ketones is 1. The standard InChI is InChI=1S/C18H18O5/c1-21-16-11-15(20)13(17(22-2)18(16)23-3)9-10-14(19)12-7-5-4-6-8-12/h4-11,20H,1-3H3/b10-9+. The second-order valence-electron chi connectivity index (χ2n) is 4.64. The Kier molecular flexibility index (Phi) is 5.25. The minimum absolute atomic E-state index is 0.0726. The summed E-state index contributed by atoms with van der Waals surface area (Å²) in [5.74, 6) is 0.730. The van der Waals surface area contributed by atoms with Gasteiger partial charge < -0.3 is 19.3 Å². The number of hydrogen-bond acceptors (Lipinski definition) is 5. The lowest BCUT2D eigenvalue weighted by Gasteiger charge is -2.15. The molecule has 0 spiro atoms. The number of ether oxygens (including phenoxy) is 3. The summed E-state index contributed by atoms with van der Waals surface area (Å²) in [6, 6.07) is 10.3. The molecule has 0 aliphatic rings. The first-order valence-corrected chi connectivity index (χ1v) is 6.91.